The number of rotatable bonds is 6. The van der Waals surface area contributed by atoms with Gasteiger partial charge in [-0.3, -0.25) is 4.90 Å². The van der Waals surface area contributed by atoms with Crippen LogP contribution in [0.4, 0.5) is 0 Å². The third kappa shape index (κ3) is 3.73. The maximum Gasteiger partial charge on any atom is 0.0124 e. The average Bonchev–Trinajstić information content (AvgIpc) is 2.43. The summed E-state index contributed by atoms with van der Waals surface area (Å²) >= 11 is 0. The Bertz CT molecular complexity index is 226. The summed E-state index contributed by atoms with van der Waals surface area (Å²) in [7, 11) is 0. The molecule has 0 bridgehead atoms. The molecule has 0 N–H and O–H groups in total. The zero-order valence-electron chi connectivity index (χ0n) is 12.7. The van der Waals surface area contributed by atoms with Crippen LogP contribution in [0, 0.1) is 11.8 Å². The molecule has 18 heavy (non-hydrogen) atoms. The minimum absolute atomic E-state index is 0.961. The fourth-order valence-electron chi connectivity index (χ4n) is 4.21. The number of nitrogens with zero attached hydrogens (tertiary/aromatic N) is 1. The van der Waals surface area contributed by atoms with Gasteiger partial charge in [0.15, 0.2) is 0 Å². The first-order chi connectivity index (χ1) is 8.85. The lowest BCUT2D eigenvalue weighted by Crippen LogP contribution is -2.50. The van der Waals surface area contributed by atoms with Gasteiger partial charge in [0.2, 0.25) is 0 Å². The third-order valence-corrected chi connectivity index (χ3v) is 5.34. The molecule has 0 aromatic heterocycles. The van der Waals surface area contributed by atoms with Gasteiger partial charge in [0.05, 0.1) is 0 Å². The van der Waals surface area contributed by atoms with E-state index in [0.29, 0.717) is 0 Å². The normalized spacial score (nSPS) is 33.3. The predicted octanol–water partition coefficient (Wildman–Crippen LogP) is 4.86. The lowest BCUT2D eigenvalue weighted by Gasteiger charge is -2.47. The van der Waals surface area contributed by atoms with Gasteiger partial charge in [-0.25, -0.2) is 0 Å². The number of fused-ring (bicyclic) bond motifs is 1. The molecule has 2 aliphatic rings. The molecule has 0 aromatic rings. The Kier molecular flexibility index (Phi) is 6.01. The summed E-state index contributed by atoms with van der Waals surface area (Å²) in [6.07, 6.45) is 14.6. The second kappa shape index (κ2) is 7.53. The second-order valence-corrected chi connectivity index (χ2v) is 6.68. The monoisotopic (exact) mass is 251 g/mol. The van der Waals surface area contributed by atoms with Gasteiger partial charge in [-0.05, 0) is 44.1 Å². The van der Waals surface area contributed by atoms with Crippen LogP contribution in [0.5, 0.6) is 0 Å². The Hall–Kier alpha value is -0.0400. The summed E-state index contributed by atoms with van der Waals surface area (Å²) in [4.78, 5) is 2.85. The van der Waals surface area contributed by atoms with Gasteiger partial charge in [0.1, 0.15) is 0 Å². The van der Waals surface area contributed by atoms with Gasteiger partial charge in [0, 0.05) is 12.6 Å². The molecule has 3 atom stereocenters. The van der Waals surface area contributed by atoms with E-state index in [-0.39, 0.29) is 0 Å². The van der Waals surface area contributed by atoms with Gasteiger partial charge in [-0.15, -0.1) is 0 Å². The molecule has 0 amide bonds. The summed E-state index contributed by atoms with van der Waals surface area (Å²) in [5, 5.41) is 0. The molecule has 2 saturated heterocycles. The molecule has 1 nitrogen and oxygen atoms in total. The van der Waals surface area contributed by atoms with E-state index >= 15 is 0 Å². The Balaban J connectivity index is 1.84. The van der Waals surface area contributed by atoms with Crippen molar-refractivity contribution in [1.29, 1.82) is 0 Å². The van der Waals surface area contributed by atoms with Crippen LogP contribution in [0.3, 0.4) is 0 Å². The number of hydrogen-bond acceptors (Lipinski definition) is 1. The minimum atomic E-state index is 0.961. The van der Waals surface area contributed by atoms with Gasteiger partial charge in [-0.1, -0.05) is 52.4 Å². The highest BCUT2D eigenvalue weighted by Gasteiger charge is 2.35. The van der Waals surface area contributed by atoms with Crippen LogP contribution < -0.4 is 0 Å². The molecule has 1 heteroatoms. The maximum absolute atomic E-state index is 2.85. The van der Waals surface area contributed by atoms with Crippen molar-refractivity contribution in [2.75, 3.05) is 13.1 Å². The third-order valence-electron chi connectivity index (χ3n) is 5.34. The van der Waals surface area contributed by atoms with E-state index in [1.807, 2.05) is 0 Å². The molecule has 106 valence electrons. The highest BCUT2D eigenvalue weighted by Crippen LogP contribution is 2.37. The fraction of sp³-hybridized carbons (Fsp3) is 1.00. The molecule has 0 radical (unpaired) electrons. The molecule has 2 rings (SSSR count). The number of unbranched alkanes of at least 4 members (excludes halogenated alkanes) is 3. The first-order valence-electron chi connectivity index (χ1n) is 8.59. The van der Waals surface area contributed by atoms with Crippen LogP contribution in [-0.2, 0) is 0 Å². The highest BCUT2D eigenvalue weighted by molar-refractivity contribution is 4.89. The predicted molar refractivity (Wildman–Crippen MR) is 79.9 cm³/mol. The molecular weight excluding hydrogens is 218 g/mol. The van der Waals surface area contributed by atoms with Gasteiger partial charge in [0.25, 0.3) is 0 Å². The smallest absolute Gasteiger partial charge is 0.0124 e. The number of piperidine rings is 2. The van der Waals surface area contributed by atoms with Crippen molar-refractivity contribution >= 4 is 0 Å². The summed E-state index contributed by atoms with van der Waals surface area (Å²) < 4.78 is 0. The number of hydrogen-bond donors (Lipinski definition) is 0. The standard InChI is InChI=1S/C17H33N/c1-3-5-6-7-10-16-13-15(4-2)14-18-12-9-8-11-17(16)18/h15-17H,3-14H2,1-2H3. The van der Waals surface area contributed by atoms with E-state index in [0.717, 1.165) is 17.9 Å². The van der Waals surface area contributed by atoms with Crippen molar-refractivity contribution in [3.05, 3.63) is 0 Å². The van der Waals surface area contributed by atoms with E-state index in [9.17, 15) is 0 Å². The lowest BCUT2D eigenvalue weighted by molar-refractivity contribution is 0.0223. The van der Waals surface area contributed by atoms with Crippen LogP contribution in [0.15, 0.2) is 0 Å². The van der Waals surface area contributed by atoms with Crippen LogP contribution >= 0.6 is 0 Å². The minimum Gasteiger partial charge on any atom is -0.300 e. The fourth-order valence-corrected chi connectivity index (χ4v) is 4.21. The van der Waals surface area contributed by atoms with Gasteiger partial charge >= 0.3 is 0 Å². The molecule has 3 unspecified atom stereocenters. The first-order valence-corrected chi connectivity index (χ1v) is 8.59. The van der Waals surface area contributed by atoms with Crippen molar-refractivity contribution in [3.63, 3.8) is 0 Å². The van der Waals surface area contributed by atoms with Crippen molar-refractivity contribution in [2.24, 2.45) is 11.8 Å². The molecule has 0 spiro atoms. The summed E-state index contributed by atoms with van der Waals surface area (Å²) in [5.41, 5.74) is 0. The van der Waals surface area contributed by atoms with E-state index in [1.54, 1.807) is 0 Å². The first kappa shape index (κ1) is 14.4. The quantitative estimate of drug-likeness (QED) is 0.610. The Morgan fingerprint density at radius 2 is 1.94 bits per heavy atom. The van der Waals surface area contributed by atoms with E-state index in [2.05, 4.69) is 18.7 Å². The topological polar surface area (TPSA) is 3.24 Å². The molecule has 2 heterocycles. The van der Waals surface area contributed by atoms with Crippen LogP contribution in [0.2, 0.25) is 0 Å². The van der Waals surface area contributed by atoms with Gasteiger partial charge < -0.3 is 0 Å². The van der Waals surface area contributed by atoms with E-state index in [1.165, 1.54) is 77.3 Å². The van der Waals surface area contributed by atoms with Crippen LogP contribution in [0.25, 0.3) is 0 Å². The largest absolute Gasteiger partial charge is 0.300 e. The van der Waals surface area contributed by atoms with Gasteiger partial charge in [-0.2, -0.15) is 0 Å². The SMILES string of the molecule is CCCCCCC1CC(CC)CN2CCCCC12. The summed E-state index contributed by atoms with van der Waals surface area (Å²) in [5.74, 6) is 2.02. The molecule has 0 saturated carbocycles. The molecule has 2 fully saturated rings. The zero-order valence-corrected chi connectivity index (χ0v) is 12.7. The highest BCUT2D eigenvalue weighted by atomic mass is 15.2. The summed E-state index contributed by atoms with van der Waals surface area (Å²) in [6, 6.07) is 0.961. The van der Waals surface area contributed by atoms with Crippen molar-refractivity contribution in [2.45, 2.75) is 84.1 Å². The molecule has 0 aliphatic carbocycles. The van der Waals surface area contributed by atoms with E-state index < -0.39 is 0 Å². The van der Waals surface area contributed by atoms with Crippen molar-refractivity contribution in [3.8, 4) is 0 Å². The Labute approximate surface area is 114 Å². The molecule has 2 aliphatic heterocycles. The van der Waals surface area contributed by atoms with Crippen LogP contribution in [0.1, 0.15) is 78.1 Å². The Morgan fingerprint density at radius 3 is 2.72 bits per heavy atom. The zero-order chi connectivity index (χ0) is 12.8. The maximum atomic E-state index is 2.85. The Morgan fingerprint density at radius 1 is 1.06 bits per heavy atom. The molecular formula is C17H33N. The summed E-state index contributed by atoms with van der Waals surface area (Å²) in [6.45, 7) is 7.51. The second-order valence-electron chi connectivity index (χ2n) is 6.68. The lowest BCUT2D eigenvalue weighted by atomic mass is 9.76. The van der Waals surface area contributed by atoms with Crippen LogP contribution in [-0.4, -0.2) is 24.0 Å². The van der Waals surface area contributed by atoms with Crippen molar-refractivity contribution < 1.29 is 0 Å². The van der Waals surface area contributed by atoms with E-state index in [4.69, 9.17) is 0 Å². The molecule has 0 aromatic carbocycles. The average molecular weight is 251 g/mol. The van der Waals surface area contributed by atoms with Crippen molar-refractivity contribution in [1.82, 2.24) is 4.90 Å².